The molecule has 0 spiro atoms. The molecule has 332 valence electrons. The normalized spacial score (nSPS) is 14.4. The van der Waals surface area contributed by atoms with Crippen LogP contribution in [0.2, 0.25) is 0 Å². The van der Waals surface area contributed by atoms with E-state index in [1.54, 1.807) is 0 Å². The van der Waals surface area contributed by atoms with Crippen LogP contribution in [0.25, 0.3) is 0 Å². The number of rotatable bonds is 40. The van der Waals surface area contributed by atoms with E-state index in [0.717, 1.165) is 109 Å². The molecule has 0 radical (unpaired) electrons. The average molecular weight is 836 g/mol. The number of hydrogen-bond donors (Lipinski definition) is 3. The van der Waals surface area contributed by atoms with Crippen LogP contribution in [-0.2, 0) is 37.5 Å². The van der Waals surface area contributed by atoms with E-state index < -0.39 is 51.1 Å². The van der Waals surface area contributed by atoms with Crippen molar-refractivity contribution < 1.29 is 47.5 Å². The number of phosphoric ester groups is 1. The number of allylic oxidation sites excluding steroid dienone is 12. The first kappa shape index (κ1) is 54.9. The van der Waals surface area contributed by atoms with Gasteiger partial charge in [0, 0.05) is 12.8 Å². The number of carboxylic acids is 1. The molecule has 12 heteroatoms. The van der Waals surface area contributed by atoms with Crippen LogP contribution in [0.1, 0.15) is 168 Å². The average Bonchev–Trinajstić information content (AvgIpc) is 3.20. The van der Waals surface area contributed by atoms with Gasteiger partial charge in [0.25, 0.3) is 0 Å². The second-order valence-electron chi connectivity index (χ2n) is 14.4. The topological polar surface area (TPSA) is 172 Å². The Morgan fingerprint density at radius 2 is 0.914 bits per heavy atom. The number of nitrogens with two attached hydrogens (primary N) is 1. The summed E-state index contributed by atoms with van der Waals surface area (Å²) in [5, 5.41) is 8.89. The van der Waals surface area contributed by atoms with Crippen molar-refractivity contribution in [3.05, 3.63) is 72.9 Å². The number of esters is 2. The predicted octanol–water partition coefficient (Wildman–Crippen LogP) is 11.7. The number of carbonyl (C=O) groups excluding carboxylic acids is 2. The van der Waals surface area contributed by atoms with E-state index in [1.165, 1.54) is 19.3 Å². The molecule has 0 bridgehead atoms. The fourth-order valence-corrected chi connectivity index (χ4v) is 6.34. The number of unbranched alkanes of at least 4 members (excludes halogenated alkanes) is 14. The van der Waals surface area contributed by atoms with Gasteiger partial charge < -0.3 is 25.2 Å². The molecule has 0 saturated carbocycles. The Morgan fingerprint density at radius 1 is 0.534 bits per heavy atom. The van der Waals surface area contributed by atoms with Gasteiger partial charge in [-0.25, -0.2) is 4.57 Å². The lowest BCUT2D eigenvalue weighted by molar-refractivity contribution is -0.161. The summed E-state index contributed by atoms with van der Waals surface area (Å²) in [4.78, 5) is 46.0. The highest BCUT2D eigenvalue weighted by molar-refractivity contribution is 7.47. The van der Waals surface area contributed by atoms with Crippen molar-refractivity contribution >= 4 is 25.7 Å². The molecule has 3 unspecified atom stereocenters. The zero-order valence-electron chi connectivity index (χ0n) is 35.9. The molecule has 3 atom stereocenters. The molecular formula is C46H78NO10P. The quantitative estimate of drug-likeness (QED) is 0.0232. The maximum absolute atomic E-state index is 12.6. The minimum absolute atomic E-state index is 0.144. The van der Waals surface area contributed by atoms with Crippen molar-refractivity contribution in [2.75, 3.05) is 19.8 Å². The summed E-state index contributed by atoms with van der Waals surface area (Å²) >= 11 is 0. The van der Waals surface area contributed by atoms with Crippen LogP contribution in [0, 0.1) is 0 Å². The molecule has 4 N–H and O–H groups in total. The van der Waals surface area contributed by atoms with E-state index in [-0.39, 0.29) is 19.4 Å². The molecule has 0 heterocycles. The van der Waals surface area contributed by atoms with Crippen LogP contribution >= 0.6 is 7.82 Å². The summed E-state index contributed by atoms with van der Waals surface area (Å²) in [7, 11) is -4.73. The van der Waals surface area contributed by atoms with Crippen molar-refractivity contribution in [1.29, 1.82) is 0 Å². The molecule has 0 amide bonds. The predicted molar refractivity (Wildman–Crippen MR) is 235 cm³/mol. The number of carbonyl (C=O) groups is 3. The minimum Gasteiger partial charge on any atom is -0.480 e. The summed E-state index contributed by atoms with van der Waals surface area (Å²) in [6.45, 7) is 2.55. The van der Waals surface area contributed by atoms with Crippen molar-refractivity contribution in [3.63, 3.8) is 0 Å². The van der Waals surface area contributed by atoms with Crippen LogP contribution in [0.15, 0.2) is 72.9 Å². The molecule has 0 aromatic rings. The summed E-state index contributed by atoms with van der Waals surface area (Å²) in [5.41, 5.74) is 5.33. The van der Waals surface area contributed by atoms with E-state index >= 15 is 0 Å². The summed E-state index contributed by atoms with van der Waals surface area (Å²) in [5.74, 6) is -2.41. The summed E-state index contributed by atoms with van der Waals surface area (Å²) in [6, 6.07) is -1.53. The summed E-state index contributed by atoms with van der Waals surface area (Å²) < 4.78 is 32.7. The van der Waals surface area contributed by atoms with Crippen LogP contribution in [-0.4, -0.2) is 59.9 Å². The molecule has 0 aromatic heterocycles. The Bertz CT molecular complexity index is 1260. The molecule has 0 aliphatic carbocycles. The highest BCUT2D eigenvalue weighted by atomic mass is 31.2. The third kappa shape index (κ3) is 39.7. The molecule has 0 aliphatic rings. The fraction of sp³-hybridized carbons (Fsp3) is 0.674. The SMILES string of the molecule is CC/C=C\C/C=C\C/C=C\CCCCCCCCCC(=O)OCC(COP(=O)(O)OCC(N)C(=O)O)OC(=O)CCCCCCCCC/C=C\C/C=C\C/C=C\CC. The highest BCUT2D eigenvalue weighted by Crippen LogP contribution is 2.43. The molecule has 0 fully saturated rings. The van der Waals surface area contributed by atoms with E-state index in [9.17, 15) is 23.8 Å². The van der Waals surface area contributed by atoms with E-state index in [1.807, 2.05) is 0 Å². The molecule has 0 aliphatic heterocycles. The standard InChI is InChI=1S/C46H78NO10P/c1-3-5-7-9-11-13-15-17-19-21-23-25-27-29-31-33-35-37-44(48)54-39-42(40-55-58(52,53)56-41-43(47)46(50)51)57-45(49)38-36-34-32-30-28-26-24-22-20-18-16-14-12-10-8-6-4-2/h5-8,11-14,17-20,42-43H,3-4,9-10,15-16,21-41,47H2,1-2H3,(H,50,51)(H,52,53)/b7-5-,8-6-,13-11-,14-12-,19-17-,20-18-. The largest absolute Gasteiger partial charge is 0.480 e. The first-order valence-electron chi connectivity index (χ1n) is 22.0. The minimum atomic E-state index is -4.73. The van der Waals surface area contributed by atoms with Crippen molar-refractivity contribution in [2.24, 2.45) is 5.73 Å². The molecule has 0 saturated heterocycles. The molecule has 11 nitrogen and oxygen atoms in total. The smallest absolute Gasteiger partial charge is 0.472 e. The monoisotopic (exact) mass is 836 g/mol. The number of carboxylic acid groups (broad SMARTS) is 1. The number of aliphatic carboxylic acids is 1. The summed E-state index contributed by atoms with van der Waals surface area (Å²) in [6.07, 6.45) is 48.2. The van der Waals surface area contributed by atoms with Gasteiger partial charge in [-0.1, -0.05) is 151 Å². The van der Waals surface area contributed by atoms with Gasteiger partial charge in [-0.05, 0) is 77.0 Å². The maximum Gasteiger partial charge on any atom is 0.472 e. The van der Waals surface area contributed by atoms with E-state index in [4.69, 9.17) is 24.8 Å². The van der Waals surface area contributed by atoms with Gasteiger partial charge in [0.1, 0.15) is 12.6 Å². The van der Waals surface area contributed by atoms with Gasteiger partial charge in [-0.3, -0.25) is 23.4 Å². The lowest BCUT2D eigenvalue weighted by Crippen LogP contribution is -2.34. The first-order valence-corrected chi connectivity index (χ1v) is 23.5. The first-order chi connectivity index (χ1) is 28.1. The zero-order chi connectivity index (χ0) is 42.8. The highest BCUT2D eigenvalue weighted by Gasteiger charge is 2.28. The molecular weight excluding hydrogens is 757 g/mol. The Labute approximate surface area is 350 Å². The Morgan fingerprint density at radius 3 is 1.36 bits per heavy atom. The zero-order valence-corrected chi connectivity index (χ0v) is 36.8. The van der Waals surface area contributed by atoms with Crippen LogP contribution < -0.4 is 5.73 Å². The van der Waals surface area contributed by atoms with Gasteiger partial charge in [-0.2, -0.15) is 0 Å². The Hall–Kier alpha value is -3.08. The van der Waals surface area contributed by atoms with E-state index in [2.05, 4.69) is 91.3 Å². The van der Waals surface area contributed by atoms with Crippen LogP contribution in [0.4, 0.5) is 0 Å². The van der Waals surface area contributed by atoms with Gasteiger partial charge in [0.05, 0.1) is 13.2 Å². The third-order valence-electron chi connectivity index (χ3n) is 8.95. The van der Waals surface area contributed by atoms with Crippen molar-refractivity contribution in [2.45, 2.75) is 180 Å². The van der Waals surface area contributed by atoms with Crippen LogP contribution in [0.5, 0.6) is 0 Å². The lowest BCUT2D eigenvalue weighted by atomic mass is 10.1. The number of hydrogen-bond acceptors (Lipinski definition) is 9. The fourth-order valence-electron chi connectivity index (χ4n) is 5.56. The molecule has 58 heavy (non-hydrogen) atoms. The van der Waals surface area contributed by atoms with Crippen LogP contribution in [0.3, 0.4) is 0 Å². The number of ether oxygens (including phenoxy) is 2. The second kappa shape index (κ2) is 40.7. The second-order valence-corrected chi connectivity index (χ2v) is 15.9. The van der Waals surface area contributed by atoms with Crippen molar-refractivity contribution in [1.82, 2.24) is 0 Å². The van der Waals surface area contributed by atoms with Gasteiger partial charge >= 0.3 is 25.7 Å². The Balaban J connectivity index is 4.39. The third-order valence-corrected chi connectivity index (χ3v) is 9.90. The van der Waals surface area contributed by atoms with Gasteiger partial charge in [-0.15, -0.1) is 0 Å². The Kier molecular flexibility index (Phi) is 38.5. The van der Waals surface area contributed by atoms with Crippen molar-refractivity contribution in [3.8, 4) is 0 Å². The lowest BCUT2D eigenvalue weighted by Gasteiger charge is -2.20. The van der Waals surface area contributed by atoms with E-state index in [0.29, 0.717) is 12.8 Å². The number of phosphoric acid groups is 1. The molecule has 0 rings (SSSR count). The maximum atomic E-state index is 12.6. The molecule has 0 aromatic carbocycles. The van der Waals surface area contributed by atoms with Gasteiger partial charge in [0.15, 0.2) is 6.10 Å². The van der Waals surface area contributed by atoms with Gasteiger partial charge in [0.2, 0.25) is 0 Å².